The Bertz CT molecular complexity index is 472. The lowest BCUT2D eigenvalue weighted by molar-refractivity contribution is -0.149. The molecular weight excluding hydrogens is 273 g/mol. The fraction of sp³-hybridized carbons (Fsp3) is 0.562. The van der Waals surface area contributed by atoms with E-state index in [1.165, 1.54) is 13.2 Å². The van der Waals surface area contributed by atoms with E-state index >= 15 is 0 Å². The summed E-state index contributed by atoms with van der Waals surface area (Å²) in [6.45, 7) is 2.07. The number of carbonyl (C=O) groups is 1. The van der Waals surface area contributed by atoms with E-state index in [0.717, 1.165) is 25.9 Å². The zero-order chi connectivity index (χ0) is 15.2. The van der Waals surface area contributed by atoms with E-state index in [2.05, 4.69) is 11.9 Å². The molecule has 2 rings (SSSR count). The monoisotopic (exact) mass is 295 g/mol. The van der Waals surface area contributed by atoms with E-state index in [4.69, 9.17) is 9.47 Å². The number of benzene rings is 1. The lowest BCUT2D eigenvalue weighted by Gasteiger charge is -2.32. The fourth-order valence-corrected chi connectivity index (χ4v) is 2.72. The molecule has 4 nitrogen and oxygen atoms in total. The third kappa shape index (κ3) is 4.17. The van der Waals surface area contributed by atoms with E-state index < -0.39 is 5.82 Å². The van der Waals surface area contributed by atoms with Gasteiger partial charge >= 0.3 is 5.97 Å². The molecule has 0 amide bonds. The van der Waals surface area contributed by atoms with Crippen LogP contribution in [0.25, 0.3) is 0 Å². The largest absolute Gasteiger partial charge is 0.490 e. The average molecular weight is 295 g/mol. The number of para-hydroxylation sites is 1. The molecule has 1 aliphatic heterocycles. The summed E-state index contributed by atoms with van der Waals surface area (Å²) in [4.78, 5) is 14.2. The minimum Gasteiger partial charge on any atom is -0.490 e. The zero-order valence-corrected chi connectivity index (χ0v) is 12.5. The van der Waals surface area contributed by atoms with Gasteiger partial charge in [0.25, 0.3) is 0 Å². The van der Waals surface area contributed by atoms with Crippen LogP contribution in [-0.4, -0.2) is 44.7 Å². The molecule has 0 spiro atoms. The van der Waals surface area contributed by atoms with Gasteiger partial charge in [0.15, 0.2) is 11.6 Å². The lowest BCUT2D eigenvalue weighted by atomic mass is 9.85. The third-order valence-electron chi connectivity index (χ3n) is 4.09. The Kier molecular flexibility index (Phi) is 5.56. The predicted molar refractivity (Wildman–Crippen MR) is 77.6 cm³/mol. The van der Waals surface area contributed by atoms with Crippen molar-refractivity contribution in [1.29, 1.82) is 0 Å². The molecule has 21 heavy (non-hydrogen) atoms. The molecule has 1 heterocycles. The van der Waals surface area contributed by atoms with Crippen LogP contribution in [0.1, 0.15) is 12.8 Å². The number of rotatable bonds is 5. The van der Waals surface area contributed by atoms with Crippen LogP contribution in [0.3, 0.4) is 0 Å². The average Bonchev–Trinajstić information content (AvgIpc) is 2.50. The fourth-order valence-electron chi connectivity index (χ4n) is 2.72. The number of halogens is 1. The number of ether oxygens (including phenoxy) is 2. The predicted octanol–water partition coefficient (Wildman–Crippen LogP) is 2.34. The molecule has 0 radical (unpaired) electrons. The number of hydrogen-bond donors (Lipinski definition) is 0. The molecule has 0 N–H and O–H groups in total. The van der Waals surface area contributed by atoms with Gasteiger partial charge in [0.1, 0.15) is 6.61 Å². The van der Waals surface area contributed by atoms with Crippen LogP contribution in [0, 0.1) is 17.7 Å². The van der Waals surface area contributed by atoms with Gasteiger partial charge in [0, 0.05) is 0 Å². The van der Waals surface area contributed by atoms with E-state index in [1.807, 2.05) is 0 Å². The second-order valence-corrected chi connectivity index (χ2v) is 5.51. The smallest absolute Gasteiger partial charge is 0.312 e. The molecule has 1 saturated heterocycles. The van der Waals surface area contributed by atoms with Crippen LogP contribution in [0.4, 0.5) is 4.39 Å². The Morgan fingerprint density at radius 1 is 1.38 bits per heavy atom. The molecule has 1 fully saturated rings. The van der Waals surface area contributed by atoms with Crippen molar-refractivity contribution in [3.63, 3.8) is 0 Å². The van der Waals surface area contributed by atoms with Gasteiger partial charge in [-0.15, -0.1) is 0 Å². The SMILES string of the molecule is COC(=O)C(COc1ccccc1F)C1CCN(C)CC1. The minimum absolute atomic E-state index is 0.155. The standard InChI is InChI=1S/C16H22FNO3/c1-18-9-7-12(8-10-18)13(16(19)20-2)11-21-15-6-4-3-5-14(15)17/h3-6,12-13H,7-11H2,1-2H3. The van der Waals surface area contributed by atoms with Gasteiger partial charge in [-0.3, -0.25) is 4.79 Å². The molecule has 1 aliphatic rings. The molecule has 0 aromatic heterocycles. The van der Waals surface area contributed by atoms with Gasteiger partial charge < -0.3 is 14.4 Å². The van der Waals surface area contributed by atoms with Crippen LogP contribution < -0.4 is 4.74 Å². The van der Waals surface area contributed by atoms with Crippen molar-refractivity contribution in [3.8, 4) is 5.75 Å². The molecule has 5 heteroatoms. The Morgan fingerprint density at radius 3 is 2.67 bits per heavy atom. The molecule has 0 aliphatic carbocycles. The van der Waals surface area contributed by atoms with Gasteiger partial charge in [-0.1, -0.05) is 12.1 Å². The van der Waals surface area contributed by atoms with Gasteiger partial charge in [-0.25, -0.2) is 4.39 Å². The van der Waals surface area contributed by atoms with Crippen molar-refractivity contribution in [1.82, 2.24) is 4.90 Å². The Morgan fingerprint density at radius 2 is 2.05 bits per heavy atom. The highest BCUT2D eigenvalue weighted by atomic mass is 19.1. The second-order valence-electron chi connectivity index (χ2n) is 5.51. The highest BCUT2D eigenvalue weighted by Crippen LogP contribution is 2.27. The van der Waals surface area contributed by atoms with Gasteiger partial charge in [0.2, 0.25) is 0 Å². The molecule has 0 saturated carbocycles. The molecule has 1 aromatic rings. The first kappa shape index (κ1) is 15.8. The topological polar surface area (TPSA) is 38.8 Å². The third-order valence-corrected chi connectivity index (χ3v) is 4.09. The molecule has 1 aromatic carbocycles. The number of methoxy groups -OCH3 is 1. The van der Waals surface area contributed by atoms with Crippen LogP contribution in [0.15, 0.2) is 24.3 Å². The van der Waals surface area contributed by atoms with Crippen molar-refractivity contribution >= 4 is 5.97 Å². The summed E-state index contributed by atoms with van der Waals surface area (Å²) in [5.41, 5.74) is 0. The van der Waals surface area contributed by atoms with E-state index in [0.29, 0.717) is 0 Å². The number of piperidine rings is 1. The van der Waals surface area contributed by atoms with Crippen molar-refractivity contribution in [2.75, 3.05) is 33.9 Å². The number of likely N-dealkylation sites (tertiary alicyclic amines) is 1. The molecule has 1 unspecified atom stereocenters. The summed E-state index contributed by atoms with van der Waals surface area (Å²) in [5.74, 6) is -0.631. The second kappa shape index (κ2) is 7.41. The first-order chi connectivity index (χ1) is 10.1. The highest BCUT2D eigenvalue weighted by molar-refractivity contribution is 5.72. The normalized spacial score (nSPS) is 18.2. The van der Waals surface area contributed by atoms with Crippen molar-refractivity contribution in [2.24, 2.45) is 11.8 Å². The minimum atomic E-state index is -0.413. The van der Waals surface area contributed by atoms with Crippen LogP contribution in [0.5, 0.6) is 5.75 Å². The Balaban J connectivity index is 2.00. The number of nitrogens with zero attached hydrogens (tertiary/aromatic N) is 1. The van der Waals surface area contributed by atoms with E-state index in [1.54, 1.807) is 18.2 Å². The summed E-state index contributed by atoms with van der Waals surface area (Å²) >= 11 is 0. The zero-order valence-electron chi connectivity index (χ0n) is 12.5. The van der Waals surface area contributed by atoms with Gasteiger partial charge in [-0.2, -0.15) is 0 Å². The quantitative estimate of drug-likeness (QED) is 0.782. The van der Waals surface area contributed by atoms with Crippen LogP contribution in [-0.2, 0) is 9.53 Å². The summed E-state index contributed by atoms with van der Waals surface area (Å²) in [6, 6.07) is 6.23. The van der Waals surface area contributed by atoms with Crippen LogP contribution in [0.2, 0.25) is 0 Å². The van der Waals surface area contributed by atoms with Gasteiger partial charge in [0.05, 0.1) is 13.0 Å². The number of hydrogen-bond acceptors (Lipinski definition) is 4. The van der Waals surface area contributed by atoms with E-state index in [9.17, 15) is 9.18 Å². The maximum absolute atomic E-state index is 13.6. The summed E-state index contributed by atoms with van der Waals surface area (Å²) in [7, 11) is 3.45. The molecule has 1 atom stereocenters. The van der Waals surface area contributed by atoms with Crippen molar-refractivity contribution in [3.05, 3.63) is 30.1 Å². The van der Waals surface area contributed by atoms with Crippen molar-refractivity contribution in [2.45, 2.75) is 12.8 Å². The van der Waals surface area contributed by atoms with Crippen molar-refractivity contribution < 1.29 is 18.7 Å². The van der Waals surface area contributed by atoms with E-state index in [-0.39, 0.29) is 30.2 Å². The lowest BCUT2D eigenvalue weighted by Crippen LogP contribution is -2.38. The maximum atomic E-state index is 13.6. The first-order valence-corrected chi connectivity index (χ1v) is 7.25. The Labute approximate surface area is 124 Å². The first-order valence-electron chi connectivity index (χ1n) is 7.25. The molecule has 116 valence electrons. The summed E-state index contributed by atoms with van der Waals surface area (Å²) in [5, 5.41) is 0. The number of carbonyl (C=O) groups excluding carboxylic acids is 1. The van der Waals surface area contributed by atoms with Gasteiger partial charge in [-0.05, 0) is 51.0 Å². The summed E-state index contributed by atoms with van der Waals surface area (Å²) < 4.78 is 24.0. The highest BCUT2D eigenvalue weighted by Gasteiger charge is 2.32. The molecular formula is C16H22FNO3. The number of esters is 1. The Hall–Kier alpha value is -1.62. The summed E-state index contributed by atoms with van der Waals surface area (Å²) in [6.07, 6.45) is 1.85. The molecule has 0 bridgehead atoms. The maximum Gasteiger partial charge on any atom is 0.312 e. The van der Waals surface area contributed by atoms with Crippen LogP contribution >= 0.6 is 0 Å².